The van der Waals surface area contributed by atoms with Gasteiger partial charge >= 0.3 is 5.20 Å². The van der Waals surface area contributed by atoms with Crippen molar-refractivity contribution in [3.05, 3.63) is 136 Å². The summed E-state index contributed by atoms with van der Waals surface area (Å²) in [5, 5.41) is 32.9. The normalized spacial score (nSPS) is 15.3. The number of benzene rings is 5. The van der Waals surface area contributed by atoms with Gasteiger partial charge in [0.15, 0.2) is 46.0 Å². The molecule has 4 unspecified atom stereocenters. The fourth-order valence-corrected chi connectivity index (χ4v) is 10.5. The van der Waals surface area contributed by atoms with Crippen LogP contribution in [0.25, 0.3) is 0 Å². The predicted octanol–water partition coefficient (Wildman–Crippen LogP) is 12.6. The summed E-state index contributed by atoms with van der Waals surface area (Å²) >= 11 is 15.2. The van der Waals surface area contributed by atoms with Crippen LogP contribution in [0.3, 0.4) is 0 Å². The molecule has 0 radical (unpaired) electrons. The standard InChI is InChI=1S/C19H27NO3.C12H16O.C11H13NO2.C11H23NO.C10H12O3.C8H11NO2.CH3I.Cl3OP.HI/c1-12(2)7-14-11-20-6-5-13-8-18(22-3)19(23-4)9-15(13)16(20)10-17(14)21;1-10-6-7-12(9-11(10)2)5-3-4-8-13;1-13-10-5-8-3-4-12-7-9(8)6-11(10)14-2;1-9(2)7-11(10(3)13)8-12(4,5)6;11-6-2-1-3-8-4-5-9(12)10(13)7-8;9-4-3-6-1-2-7(10)8(11)5-6;1-2;1-5(2,3)4;/h8-9,12,14,16H,5-7,10-11H2,1-4H3;6-9H,3-5H2,1-2H3;5-7H,3-4H2,1-2H3;9,11H,1,7-8H2,2-6H3;4-7,12-13H,1-3H2;1-2,5,10-11H,3-4,9H2;1H3;;1H/q;;;+2;;;;;/p-1/i;;;;;;1D3;;. The van der Waals surface area contributed by atoms with E-state index in [-0.39, 0.29) is 64.9 Å². The first-order chi connectivity index (χ1) is 45.3. The minimum atomic E-state index is -3.22. The van der Waals surface area contributed by atoms with Crippen LogP contribution >= 0.6 is 61.5 Å². The SMILES string of the molecule is COc1cc2c(cc1OC)C1CC(=O)C(CC(C)C)CN1CC2.COc1cc2c(cc1OC)CCN=C2.Cc1ccc(CCCC=O)cc1C.NCCc1ccc(O)c(O)c1.O=CCCCc1ccc(O)c(O)c1.O=P(Cl)(Cl)Cl.[2H]C([2H])([2H])I.[CH2+]C(C)CC(C[N+](C)(C)C)C(C)=O.[I-]. The zero-order valence-electron chi connectivity index (χ0n) is 60.6. The third-order valence-corrected chi connectivity index (χ3v) is 15.2. The number of ether oxygens (including phenoxy) is 4. The van der Waals surface area contributed by atoms with Crippen LogP contribution < -0.4 is 48.7 Å². The number of phenols is 4. The number of phenolic OH excluding ortho intramolecular Hbond substituents is 4. The van der Waals surface area contributed by atoms with Crippen molar-refractivity contribution in [3.8, 4) is 46.0 Å². The van der Waals surface area contributed by atoms with Gasteiger partial charge in [-0.3, -0.25) is 24.0 Å². The lowest BCUT2D eigenvalue weighted by atomic mass is 9.80. The molecule has 0 aromatic heterocycles. The van der Waals surface area contributed by atoms with E-state index in [1.807, 2.05) is 18.3 Å². The zero-order chi connectivity index (χ0) is 73.8. The first-order valence-electron chi connectivity index (χ1n) is 32.7. The van der Waals surface area contributed by atoms with E-state index in [1.54, 1.807) is 47.5 Å². The molecule has 8 rings (SSSR count). The van der Waals surface area contributed by atoms with E-state index >= 15 is 0 Å². The number of quaternary nitrogens is 1. The maximum Gasteiger partial charge on any atom is 0.339 e. The molecule has 23 heteroatoms. The summed E-state index contributed by atoms with van der Waals surface area (Å²) in [7, 11) is 13.0. The van der Waals surface area contributed by atoms with Crippen molar-refractivity contribution in [1.82, 2.24) is 4.90 Å². The molecule has 1 saturated heterocycles. The number of aryl methyl sites for hydroxylation is 4. The third-order valence-electron chi connectivity index (χ3n) is 15.2. The van der Waals surface area contributed by atoms with E-state index in [0.29, 0.717) is 55.6 Å². The van der Waals surface area contributed by atoms with E-state index in [2.05, 4.69) is 137 Å². The number of methoxy groups -OCH3 is 4. The Bertz CT molecular complexity index is 3230. The van der Waals surface area contributed by atoms with Crippen LogP contribution in [0.15, 0.2) is 83.9 Å². The van der Waals surface area contributed by atoms with Gasteiger partial charge in [-0.25, -0.2) is 0 Å². The quantitative estimate of drug-likeness (QED) is 0.00670. The highest BCUT2D eigenvalue weighted by atomic mass is 127. The number of rotatable bonds is 21. The molecule has 0 amide bonds. The summed E-state index contributed by atoms with van der Waals surface area (Å²) in [5.41, 5.74) is 16.1. The average molecular weight is 1630 g/mol. The minimum Gasteiger partial charge on any atom is -1.00 e. The van der Waals surface area contributed by atoms with Gasteiger partial charge in [0.25, 0.3) is 0 Å². The fourth-order valence-electron chi connectivity index (χ4n) is 10.5. The Labute approximate surface area is 615 Å². The van der Waals surface area contributed by atoms with Gasteiger partial charge in [-0.05, 0) is 229 Å². The van der Waals surface area contributed by atoms with Gasteiger partial charge in [0.1, 0.15) is 24.1 Å². The lowest BCUT2D eigenvalue weighted by Crippen LogP contribution is -3.00. The van der Waals surface area contributed by atoms with Gasteiger partial charge in [0.2, 0.25) is 0 Å². The maximum atomic E-state index is 12.6. The van der Waals surface area contributed by atoms with Crippen molar-refractivity contribution in [3.63, 3.8) is 0 Å². The number of hydrogen-bond acceptors (Lipinski definition) is 16. The number of piperidine rings is 1. The summed E-state index contributed by atoms with van der Waals surface area (Å²) in [4.78, 5) is 49.0. The van der Waals surface area contributed by atoms with Gasteiger partial charge in [-0.2, -0.15) is 0 Å². The highest BCUT2D eigenvalue weighted by molar-refractivity contribution is 14.1. The number of alkyl halides is 1. The van der Waals surface area contributed by atoms with E-state index in [1.165, 1.54) is 80.2 Å². The molecule has 0 spiro atoms. The minimum absolute atomic E-state index is 0. The fraction of sp³-hybridized carbons (Fsp3) is 0.500. The smallest absolute Gasteiger partial charge is 0.339 e. The van der Waals surface area contributed by atoms with Crippen LogP contribution in [-0.4, -0.2) is 147 Å². The number of ketones is 2. The van der Waals surface area contributed by atoms with E-state index in [4.69, 9.17) is 49.2 Å². The second kappa shape index (κ2) is 48.0. The predicted molar refractivity (Wildman–Crippen MR) is 393 cm³/mol. The summed E-state index contributed by atoms with van der Waals surface area (Å²) < 4.78 is 50.4. The first-order valence-corrected chi connectivity index (χ1v) is 36.7. The number of hydrogen-bond donors (Lipinski definition) is 5. The second-order valence-corrected chi connectivity index (χ2v) is 31.2. The monoisotopic (exact) mass is 1630 g/mol. The molecule has 17 nitrogen and oxygen atoms in total. The Morgan fingerprint density at radius 1 is 0.768 bits per heavy atom. The third kappa shape index (κ3) is 36.5. The summed E-state index contributed by atoms with van der Waals surface area (Å²) in [6.45, 7) is 20.6. The Kier molecular flexibility index (Phi) is 42.6. The molecule has 5 aromatic rings. The van der Waals surface area contributed by atoms with Crippen LogP contribution in [0.2, 0.25) is 0 Å². The lowest BCUT2D eigenvalue weighted by Gasteiger charge is -2.43. The number of fused-ring (bicyclic) bond motifs is 4. The van der Waals surface area contributed by atoms with E-state index in [9.17, 15) is 23.7 Å². The first kappa shape index (κ1) is 84.4. The topological polar surface area (TPSA) is 245 Å². The van der Waals surface area contributed by atoms with Crippen molar-refractivity contribution in [2.24, 2.45) is 34.4 Å². The van der Waals surface area contributed by atoms with Gasteiger partial charge in [0.05, 0.1) is 74.9 Å². The molecule has 3 aliphatic rings. The maximum absolute atomic E-state index is 12.6. The van der Waals surface area contributed by atoms with Crippen LogP contribution in [0.1, 0.15) is 133 Å². The van der Waals surface area contributed by atoms with Crippen LogP contribution in [0.5, 0.6) is 46.0 Å². The molecule has 5 aromatic carbocycles. The van der Waals surface area contributed by atoms with Crippen molar-refractivity contribution >= 4 is 91.9 Å². The molecule has 3 aliphatic heterocycles. The number of nitrogens with two attached hydrogens (primary N) is 1. The largest absolute Gasteiger partial charge is 1.00 e. The number of aldehydes is 2. The Balaban J connectivity index is 0.00000114. The number of aliphatic imine (C=N–C) groups is 1. The number of aromatic hydroxyl groups is 4. The molecule has 0 bridgehead atoms. The zero-order valence-corrected chi connectivity index (χ0v) is 65.0. The molecular weight excluding hydrogens is 1520 g/mol. The number of carbonyl (C=O) groups excluding carboxylic acids is 4. The van der Waals surface area contributed by atoms with Gasteiger partial charge in [-0.1, -0.05) is 66.8 Å². The number of halogens is 5. The molecule has 4 atom stereocenters. The van der Waals surface area contributed by atoms with Gasteiger partial charge in [-0.15, -0.1) is 0 Å². The summed E-state index contributed by atoms with van der Waals surface area (Å²) in [6, 6.07) is 24.3. The van der Waals surface area contributed by atoms with Crippen molar-refractivity contribution in [1.29, 1.82) is 0 Å². The Morgan fingerprint density at radius 3 is 1.68 bits per heavy atom. The van der Waals surface area contributed by atoms with Crippen molar-refractivity contribution in [2.75, 3.05) is 87.2 Å². The molecule has 3 heterocycles. The van der Waals surface area contributed by atoms with Crippen LogP contribution in [0, 0.1) is 44.4 Å². The van der Waals surface area contributed by atoms with Crippen molar-refractivity contribution < 1.29 is 95.7 Å². The second-order valence-electron chi connectivity index (χ2n) is 24.6. The average Bonchev–Trinajstić information content (AvgIpc) is 0.769. The molecule has 530 valence electrons. The molecule has 95 heavy (non-hydrogen) atoms. The lowest BCUT2D eigenvalue weighted by molar-refractivity contribution is -0.872. The highest BCUT2D eigenvalue weighted by Crippen LogP contribution is 2.61. The molecule has 6 N–H and O–H groups in total. The Hall–Kier alpha value is -4.84. The van der Waals surface area contributed by atoms with Crippen LogP contribution in [0.4, 0.5) is 0 Å². The van der Waals surface area contributed by atoms with Gasteiger partial charge in [0, 0.05) is 67.6 Å². The van der Waals surface area contributed by atoms with Crippen LogP contribution in [-0.2, 0) is 55.8 Å². The molecule has 0 saturated carbocycles. The number of carbonyl (C=O) groups is 4. The number of Topliss-reactive ketones (excluding diaryl/α,β-unsaturated/α-hetero) is 2. The Morgan fingerprint density at radius 2 is 1.24 bits per heavy atom. The molecule has 0 aliphatic carbocycles. The highest BCUT2D eigenvalue weighted by Gasteiger charge is 2.38. The summed E-state index contributed by atoms with van der Waals surface area (Å²) in [5.74, 6) is 4.71. The number of nitrogens with zero attached hydrogens (tertiary/aromatic N) is 3. The number of unbranched alkanes of at least 4 members (excludes halogenated alkanes) is 2. The van der Waals surface area contributed by atoms with Gasteiger partial charge < -0.3 is 83.2 Å². The molecular formula is C72H105Cl3I2N4O13P+. The summed E-state index contributed by atoms with van der Waals surface area (Å²) in [6.07, 6.45) is 13.7. The van der Waals surface area contributed by atoms with E-state index in [0.717, 1.165) is 134 Å². The molecule has 1 fully saturated rings. The van der Waals surface area contributed by atoms with Crippen molar-refractivity contribution in [2.45, 2.75) is 125 Å². The van der Waals surface area contributed by atoms with E-state index < -0.39 is 10.1 Å².